The van der Waals surface area contributed by atoms with Crippen molar-refractivity contribution >= 4 is 17.9 Å². The molecule has 3 atom stereocenters. The monoisotopic (exact) mass is 715 g/mol. The van der Waals surface area contributed by atoms with Crippen molar-refractivity contribution in [1.29, 1.82) is 0 Å². The first-order valence-electron chi connectivity index (χ1n) is 21.2. The Bertz CT molecular complexity index is 1160. The Kier molecular flexibility index (Phi) is 21.3. The SMILES string of the molecule is CCCCC(CC)C(CC)(CC)OC(=O)c1ccc(C(=O)OC(CC)(CC)C(CC)CCCC)c(C(=O)OC(CC)(CC)C(CC)CCCC)c1. The first-order valence-corrected chi connectivity index (χ1v) is 21.2. The number of rotatable bonds is 27. The van der Waals surface area contributed by atoms with Gasteiger partial charge in [0, 0.05) is 0 Å². The van der Waals surface area contributed by atoms with Gasteiger partial charge in [0.25, 0.3) is 0 Å². The zero-order valence-corrected chi connectivity index (χ0v) is 35.1. The van der Waals surface area contributed by atoms with Gasteiger partial charge in [0.05, 0.1) is 16.7 Å². The highest BCUT2D eigenvalue weighted by molar-refractivity contribution is 6.05. The van der Waals surface area contributed by atoms with Gasteiger partial charge in [-0.1, -0.05) is 122 Å². The Balaban J connectivity index is 3.86. The quantitative estimate of drug-likeness (QED) is 0.0667. The number of benzene rings is 1. The molecule has 0 aliphatic heterocycles. The molecule has 0 N–H and O–H groups in total. The zero-order valence-electron chi connectivity index (χ0n) is 35.1. The fourth-order valence-corrected chi connectivity index (χ4v) is 8.78. The van der Waals surface area contributed by atoms with Crippen LogP contribution in [0.3, 0.4) is 0 Å². The van der Waals surface area contributed by atoms with E-state index in [0.29, 0.717) is 38.5 Å². The van der Waals surface area contributed by atoms with Crippen LogP contribution in [0.15, 0.2) is 18.2 Å². The number of carbonyl (C=O) groups excluding carboxylic acids is 3. The maximum absolute atomic E-state index is 14.5. The van der Waals surface area contributed by atoms with Crippen LogP contribution >= 0.6 is 0 Å². The largest absolute Gasteiger partial charge is 0.455 e. The molecule has 0 saturated heterocycles. The highest BCUT2D eigenvalue weighted by atomic mass is 16.6. The standard InChI is InChI=1S/C45H78O6/c1-13-25-28-35(16-4)43(19-7,20-8)49-40(46)34-31-32-38(41(47)50-44(21-9,22-10)36(17-5)29-26-14-2)39(33-34)42(48)51-45(23-11,24-12)37(18-6)30-27-15-3/h31-33,35-37H,13-30H2,1-12H3. The number of unbranched alkanes of at least 4 members (excludes halogenated alkanes) is 3. The van der Waals surface area contributed by atoms with Crippen LogP contribution in [0.4, 0.5) is 0 Å². The van der Waals surface area contributed by atoms with Crippen LogP contribution in [-0.2, 0) is 14.2 Å². The van der Waals surface area contributed by atoms with E-state index in [1.54, 1.807) is 12.1 Å². The average Bonchev–Trinajstić information content (AvgIpc) is 3.16. The van der Waals surface area contributed by atoms with E-state index in [1.807, 2.05) is 0 Å². The summed E-state index contributed by atoms with van der Waals surface area (Å²) in [6.07, 6.45) is 16.1. The number of carbonyl (C=O) groups is 3. The second kappa shape index (κ2) is 23.3. The molecule has 0 aliphatic rings. The van der Waals surface area contributed by atoms with E-state index in [1.165, 1.54) is 6.07 Å². The molecule has 6 nitrogen and oxygen atoms in total. The number of hydrogen-bond donors (Lipinski definition) is 0. The first-order chi connectivity index (χ1) is 24.4. The van der Waals surface area contributed by atoms with Crippen molar-refractivity contribution in [3.8, 4) is 0 Å². The third kappa shape index (κ3) is 11.8. The molecule has 0 bridgehead atoms. The lowest BCUT2D eigenvalue weighted by molar-refractivity contribution is -0.0640. The van der Waals surface area contributed by atoms with Crippen molar-refractivity contribution in [3.05, 3.63) is 34.9 Å². The zero-order chi connectivity index (χ0) is 38.7. The average molecular weight is 715 g/mol. The van der Waals surface area contributed by atoms with Crippen molar-refractivity contribution in [2.24, 2.45) is 17.8 Å². The molecule has 1 aromatic carbocycles. The molecule has 1 aromatic rings. The maximum atomic E-state index is 14.5. The van der Waals surface area contributed by atoms with Crippen LogP contribution in [-0.4, -0.2) is 34.7 Å². The Hall–Kier alpha value is -2.37. The normalized spacial score (nSPS) is 14.1. The maximum Gasteiger partial charge on any atom is 0.339 e. The molecule has 0 aliphatic carbocycles. The van der Waals surface area contributed by atoms with Crippen LogP contribution < -0.4 is 0 Å². The predicted molar refractivity (Wildman–Crippen MR) is 213 cm³/mol. The van der Waals surface area contributed by atoms with Gasteiger partial charge in [0.1, 0.15) is 16.8 Å². The van der Waals surface area contributed by atoms with Crippen LogP contribution in [0.5, 0.6) is 0 Å². The highest BCUT2D eigenvalue weighted by Gasteiger charge is 2.42. The summed E-state index contributed by atoms with van der Waals surface area (Å²) in [5, 5.41) is 0. The molecule has 0 saturated carbocycles. The molecule has 0 fully saturated rings. The number of ether oxygens (including phenoxy) is 3. The van der Waals surface area contributed by atoms with Gasteiger partial charge in [-0.25, -0.2) is 14.4 Å². The second-order valence-corrected chi connectivity index (χ2v) is 15.0. The Morgan fingerprint density at radius 2 is 0.784 bits per heavy atom. The smallest absolute Gasteiger partial charge is 0.339 e. The summed E-state index contributed by atoms with van der Waals surface area (Å²) in [5.74, 6) is -0.989. The van der Waals surface area contributed by atoms with Crippen molar-refractivity contribution in [2.75, 3.05) is 0 Å². The van der Waals surface area contributed by atoms with Gasteiger partial charge in [-0.05, 0) is 113 Å². The summed E-state index contributed by atoms with van der Waals surface area (Å²) in [5.41, 5.74) is -1.48. The summed E-state index contributed by atoms with van der Waals surface area (Å²) in [6, 6.07) is 4.73. The third-order valence-corrected chi connectivity index (χ3v) is 12.6. The van der Waals surface area contributed by atoms with Gasteiger partial charge in [0.2, 0.25) is 0 Å². The van der Waals surface area contributed by atoms with Gasteiger partial charge >= 0.3 is 17.9 Å². The minimum atomic E-state index is -0.685. The topological polar surface area (TPSA) is 78.9 Å². The number of esters is 3. The van der Waals surface area contributed by atoms with E-state index in [2.05, 4.69) is 83.1 Å². The van der Waals surface area contributed by atoms with Crippen molar-refractivity contribution in [3.63, 3.8) is 0 Å². The van der Waals surface area contributed by atoms with Crippen molar-refractivity contribution in [1.82, 2.24) is 0 Å². The van der Waals surface area contributed by atoms with E-state index >= 15 is 0 Å². The Morgan fingerprint density at radius 1 is 0.471 bits per heavy atom. The van der Waals surface area contributed by atoms with Gasteiger partial charge in [-0.15, -0.1) is 0 Å². The van der Waals surface area contributed by atoms with E-state index in [4.69, 9.17) is 14.2 Å². The molecule has 51 heavy (non-hydrogen) atoms. The van der Waals surface area contributed by atoms with E-state index < -0.39 is 34.7 Å². The highest BCUT2D eigenvalue weighted by Crippen LogP contribution is 2.40. The van der Waals surface area contributed by atoms with Gasteiger partial charge in [-0.2, -0.15) is 0 Å². The molecule has 0 heterocycles. The lowest BCUT2D eigenvalue weighted by Crippen LogP contribution is -2.43. The molecular formula is C45H78O6. The minimum Gasteiger partial charge on any atom is -0.455 e. The van der Waals surface area contributed by atoms with E-state index in [0.717, 1.165) is 77.0 Å². The molecule has 3 unspecified atom stereocenters. The van der Waals surface area contributed by atoms with Crippen LogP contribution in [0, 0.1) is 17.8 Å². The van der Waals surface area contributed by atoms with E-state index in [9.17, 15) is 14.4 Å². The molecule has 1 rings (SSSR count). The summed E-state index contributed by atoms with van der Waals surface area (Å²) in [7, 11) is 0. The molecule has 0 amide bonds. The second-order valence-electron chi connectivity index (χ2n) is 15.0. The van der Waals surface area contributed by atoms with Crippen LogP contribution in [0.25, 0.3) is 0 Å². The van der Waals surface area contributed by atoms with Crippen LogP contribution in [0.2, 0.25) is 0 Å². The first kappa shape index (κ1) is 46.7. The van der Waals surface area contributed by atoms with Crippen molar-refractivity contribution < 1.29 is 28.6 Å². The predicted octanol–water partition coefficient (Wildman–Crippen LogP) is 13.5. The van der Waals surface area contributed by atoms with Gasteiger partial charge in [-0.3, -0.25) is 0 Å². The fraction of sp³-hybridized carbons (Fsp3) is 0.800. The molecule has 0 aromatic heterocycles. The summed E-state index contributed by atoms with van der Waals surface area (Å²) in [4.78, 5) is 42.9. The molecule has 0 radical (unpaired) electrons. The van der Waals surface area contributed by atoms with Gasteiger partial charge in [0.15, 0.2) is 0 Å². The summed E-state index contributed by atoms with van der Waals surface area (Å²) in [6.45, 7) is 25.5. The minimum absolute atomic E-state index is 0.0744. The Labute approximate surface area is 313 Å². The summed E-state index contributed by atoms with van der Waals surface area (Å²) >= 11 is 0. The third-order valence-electron chi connectivity index (χ3n) is 12.6. The number of hydrogen-bond acceptors (Lipinski definition) is 6. The summed E-state index contributed by atoms with van der Waals surface area (Å²) < 4.78 is 19.5. The molecular weight excluding hydrogens is 636 g/mol. The Morgan fingerprint density at radius 3 is 1.08 bits per heavy atom. The van der Waals surface area contributed by atoms with Crippen molar-refractivity contribution in [2.45, 2.75) is 215 Å². The lowest BCUT2D eigenvalue weighted by atomic mass is 9.77. The molecule has 294 valence electrons. The molecule has 6 heteroatoms. The van der Waals surface area contributed by atoms with Gasteiger partial charge < -0.3 is 14.2 Å². The fourth-order valence-electron chi connectivity index (χ4n) is 8.78. The molecule has 0 spiro atoms. The lowest BCUT2D eigenvalue weighted by Gasteiger charge is -2.40. The van der Waals surface area contributed by atoms with E-state index in [-0.39, 0.29) is 34.4 Å². The van der Waals surface area contributed by atoms with Crippen LogP contribution in [0.1, 0.15) is 230 Å².